The molecule has 2 amide bonds. The highest BCUT2D eigenvalue weighted by molar-refractivity contribution is 6.47. The minimum atomic E-state index is -0.762. The van der Waals surface area contributed by atoms with E-state index in [0.29, 0.717) is 54.0 Å². The summed E-state index contributed by atoms with van der Waals surface area (Å²) in [4.78, 5) is 34.0. The van der Waals surface area contributed by atoms with E-state index in [1.807, 2.05) is 36.1 Å². The Labute approximate surface area is 253 Å². The first kappa shape index (κ1) is 33.2. The van der Waals surface area contributed by atoms with Crippen molar-refractivity contribution in [2.24, 2.45) is 27.8 Å². The van der Waals surface area contributed by atoms with Gasteiger partial charge in [-0.3, -0.25) is 31.7 Å². The molecular formula is C31H44ClN7O3. The van der Waals surface area contributed by atoms with Crippen LogP contribution in [0.1, 0.15) is 92.4 Å². The number of carbonyl (C=O) groups is 2. The summed E-state index contributed by atoms with van der Waals surface area (Å²) >= 11 is 6.38. The minimum Gasteiger partial charge on any atom is -0.393 e. The average molecular weight is 598 g/mol. The zero-order valence-electron chi connectivity index (χ0n) is 24.9. The Morgan fingerprint density at radius 1 is 1.19 bits per heavy atom. The molecule has 42 heavy (non-hydrogen) atoms. The zero-order chi connectivity index (χ0) is 31.2. The summed E-state index contributed by atoms with van der Waals surface area (Å²) in [5.74, 6) is 7.43. The van der Waals surface area contributed by atoms with E-state index in [9.17, 15) is 14.7 Å². The summed E-state index contributed by atoms with van der Waals surface area (Å²) in [7, 11) is 0. The molecular weight excluding hydrogens is 554 g/mol. The Morgan fingerprint density at radius 2 is 1.81 bits per heavy atom. The van der Waals surface area contributed by atoms with Crippen LogP contribution in [0.5, 0.6) is 0 Å². The van der Waals surface area contributed by atoms with Gasteiger partial charge in [0.05, 0.1) is 18.7 Å². The SMILES string of the molecule is Cc1cc(Cl)cc(C2=NC3(CCC(O)CC3)N(C(CCC(C)(C)C)c3ccc(C(=O)NCC(=N)N)cc3)C2=O)c1.NN. The molecule has 1 spiro atoms. The second kappa shape index (κ2) is 13.8. The maximum absolute atomic E-state index is 14.3. The molecule has 1 atom stereocenters. The molecule has 2 aliphatic rings. The fourth-order valence-corrected chi connectivity index (χ4v) is 5.96. The van der Waals surface area contributed by atoms with E-state index in [1.54, 1.807) is 18.2 Å². The minimum absolute atomic E-state index is 0.0193. The van der Waals surface area contributed by atoms with Crippen molar-refractivity contribution >= 4 is 35.0 Å². The van der Waals surface area contributed by atoms with Crippen molar-refractivity contribution in [2.75, 3.05) is 6.54 Å². The first-order valence-electron chi connectivity index (χ1n) is 14.2. The number of nitrogens with one attached hydrogen (secondary N) is 2. The topological polar surface area (TPSA) is 184 Å². The highest BCUT2D eigenvalue weighted by atomic mass is 35.5. The van der Waals surface area contributed by atoms with Crippen LogP contribution in [-0.4, -0.2) is 51.7 Å². The predicted molar refractivity (Wildman–Crippen MR) is 167 cm³/mol. The third-order valence-electron chi connectivity index (χ3n) is 7.74. The van der Waals surface area contributed by atoms with Gasteiger partial charge in [0.1, 0.15) is 17.2 Å². The molecule has 0 radical (unpaired) electrons. The van der Waals surface area contributed by atoms with Crippen molar-refractivity contribution in [1.82, 2.24) is 10.2 Å². The summed E-state index contributed by atoms with van der Waals surface area (Å²) in [6, 6.07) is 12.6. The molecule has 10 nitrogen and oxygen atoms in total. The van der Waals surface area contributed by atoms with Crippen LogP contribution in [0, 0.1) is 17.7 Å². The Morgan fingerprint density at radius 3 is 2.36 bits per heavy atom. The molecule has 1 fully saturated rings. The van der Waals surface area contributed by atoms with E-state index in [1.165, 1.54) is 0 Å². The van der Waals surface area contributed by atoms with Gasteiger partial charge in [-0.2, -0.15) is 0 Å². The average Bonchev–Trinajstić information content (AvgIpc) is 3.21. The number of amidine groups is 1. The number of aliphatic hydroxyl groups is 1. The molecule has 228 valence electrons. The second-order valence-corrected chi connectivity index (χ2v) is 12.7. The van der Waals surface area contributed by atoms with Gasteiger partial charge in [0.2, 0.25) is 0 Å². The summed E-state index contributed by atoms with van der Waals surface area (Å²) in [5, 5.41) is 20.9. The number of carbonyl (C=O) groups excluding carboxylic acids is 2. The van der Waals surface area contributed by atoms with Crippen LogP contribution in [0.2, 0.25) is 5.02 Å². The number of halogens is 1. The van der Waals surface area contributed by atoms with Gasteiger partial charge in [-0.25, -0.2) is 0 Å². The van der Waals surface area contributed by atoms with Crippen molar-refractivity contribution in [3.8, 4) is 0 Å². The molecule has 2 aromatic rings. The number of hydrogen-bond acceptors (Lipinski definition) is 7. The lowest BCUT2D eigenvalue weighted by molar-refractivity contribution is -0.134. The number of aliphatic imine (C=N–C) groups is 1. The van der Waals surface area contributed by atoms with E-state index in [-0.39, 0.29) is 35.7 Å². The fraction of sp³-hybridized carbons (Fsp3) is 0.484. The van der Waals surface area contributed by atoms with Gasteiger partial charge >= 0.3 is 0 Å². The maximum atomic E-state index is 14.3. The Hall–Kier alpha value is -3.31. The molecule has 0 aromatic heterocycles. The van der Waals surface area contributed by atoms with E-state index >= 15 is 0 Å². The molecule has 0 bridgehead atoms. The van der Waals surface area contributed by atoms with Crippen molar-refractivity contribution < 1.29 is 14.7 Å². The number of benzene rings is 2. The first-order chi connectivity index (χ1) is 19.8. The zero-order valence-corrected chi connectivity index (χ0v) is 25.7. The highest BCUT2D eigenvalue weighted by Crippen LogP contribution is 2.46. The smallest absolute Gasteiger partial charge is 0.275 e. The van der Waals surface area contributed by atoms with Crippen molar-refractivity contribution in [3.05, 3.63) is 69.7 Å². The van der Waals surface area contributed by atoms with Gasteiger partial charge in [0.15, 0.2) is 0 Å². The molecule has 11 heteroatoms. The van der Waals surface area contributed by atoms with E-state index in [0.717, 1.165) is 17.5 Å². The molecule has 1 saturated carbocycles. The predicted octanol–water partition coefficient (Wildman–Crippen LogP) is 3.96. The Bertz CT molecular complexity index is 1290. The van der Waals surface area contributed by atoms with Gasteiger partial charge in [-0.15, -0.1) is 0 Å². The standard InChI is InChI=1S/C31H40ClN5O3.H4N2/c1-19-15-22(17-23(32)16-19)27-29(40)37(31(36-27)13-9-24(38)10-14-31)25(11-12-30(2,3)4)20-5-7-21(8-6-20)28(39)35-18-26(33)34;1-2/h5-8,15-17,24-25,38H,9-14,18H2,1-4H3,(H3,33,34)(H,35,39);1-2H2. The van der Waals surface area contributed by atoms with Crippen LogP contribution < -0.4 is 22.7 Å². The molecule has 1 heterocycles. The molecule has 4 rings (SSSR count). The summed E-state index contributed by atoms with van der Waals surface area (Å²) in [6.07, 6.45) is 3.45. The van der Waals surface area contributed by atoms with Gasteiger partial charge < -0.3 is 21.1 Å². The lowest BCUT2D eigenvalue weighted by atomic mass is 9.82. The monoisotopic (exact) mass is 597 g/mol. The van der Waals surface area contributed by atoms with Crippen molar-refractivity contribution in [2.45, 2.75) is 84.0 Å². The third-order valence-corrected chi connectivity index (χ3v) is 7.96. The van der Waals surface area contributed by atoms with Crippen molar-refractivity contribution in [1.29, 1.82) is 5.41 Å². The van der Waals surface area contributed by atoms with Gasteiger partial charge in [-0.05, 0) is 92.3 Å². The lowest BCUT2D eigenvalue weighted by Crippen LogP contribution is -2.51. The molecule has 9 N–H and O–H groups in total. The molecule has 2 aromatic carbocycles. The first-order valence-corrected chi connectivity index (χ1v) is 14.6. The van der Waals surface area contributed by atoms with Crippen LogP contribution in [0.4, 0.5) is 0 Å². The number of nitrogens with two attached hydrogens (primary N) is 3. The number of hydrazine groups is 1. The van der Waals surface area contributed by atoms with Gasteiger partial charge in [-0.1, -0.05) is 44.5 Å². The van der Waals surface area contributed by atoms with Gasteiger partial charge in [0, 0.05) is 16.1 Å². The van der Waals surface area contributed by atoms with Crippen LogP contribution in [0.15, 0.2) is 47.5 Å². The quantitative estimate of drug-likeness (QED) is 0.116. The summed E-state index contributed by atoms with van der Waals surface area (Å²) < 4.78 is 0. The number of amides is 2. The molecule has 1 unspecified atom stereocenters. The number of aliphatic hydroxyl groups excluding tert-OH is 1. The Kier molecular flexibility index (Phi) is 10.9. The summed E-state index contributed by atoms with van der Waals surface area (Å²) in [5.41, 5.74) is 8.09. The van der Waals surface area contributed by atoms with Crippen LogP contribution in [-0.2, 0) is 4.79 Å². The maximum Gasteiger partial charge on any atom is 0.275 e. The number of aryl methyl sites for hydroxylation is 1. The van der Waals surface area contributed by atoms with Gasteiger partial charge in [0.25, 0.3) is 11.8 Å². The molecule has 1 aliphatic heterocycles. The van der Waals surface area contributed by atoms with E-state index < -0.39 is 11.8 Å². The van der Waals surface area contributed by atoms with E-state index in [4.69, 9.17) is 27.7 Å². The van der Waals surface area contributed by atoms with Crippen LogP contribution in [0.25, 0.3) is 0 Å². The summed E-state index contributed by atoms with van der Waals surface area (Å²) in [6.45, 7) is 8.47. The second-order valence-electron chi connectivity index (χ2n) is 12.3. The van der Waals surface area contributed by atoms with Crippen LogP contribution in [0.3, 0.4) is 0 Å². The molecule has 1 aliphatic carbocycles. The highest BCUT2D eigenvalue weighted by Gasteiger charge is 2.51. The number of hydrogen-bond donors (Lipinski definition) is 6. The van der Waals surface area contributed by atoms with Crippen molar-refractivity contribution in [3.63, 3.8) is 0 Å². The lowest BCUT2D eigenvalue weighted by Gasteiger charge is -2.45. The number of nitrogens with zero attached hydrogens (tertiary/aromatic N) is 2. The number of rotatable bonds is 8. The Balaban J connectivity index is 0.00000237. The normalized spacial score (nSPS) is 21.0. The largest absolute Gasteiger partial charge is 0.393 e. The van der Waals surface area contributed by atoms with E-state index in [2.05, 4.69) is 37.8 Å². The fourth-order valence-electron chi connectivity index (χ4n) is 5.67. The third kappa shape index (κ3) is 7.95. The van der Waals surface area contributed by atoms with Crippen LogP contribution >= 0.6 is 11.6 Å². The molecule has 0 saturated heterocycles.